The average molecular weight is 453 g/mol. The predicted octanol–water partition coefficient (Wildman–Crippen LogP) is 4.18. The zero-order valence-electron chi connectivity index (χ0n) is 16.5. The zero-order valence-corrected chi connectivity index (χ0v) is 17.4. The molecule has 0 aromatic heterocycles. The second-order valence-electron chi connectivity index (χ2n) is 7.33. The summed E-state index contributed by atoms with van der Waals surface area (Å²) in [5.74, 6) is -0.248. The van der Waals surface area contributed by atoms with Gasteiger partial charge in [0.1, 0.15) is 11.9 Å². The van der Waals surface area contributed by atoms with E-state index in [0.29, 0.717) is 6.42 Å². The number of amides is 1. The molecule has 1 heterocycles. The number of benzene rings is 1. The summed E-state index contributed by atoms with van der Waals surface area (Å²) >= 11 is 0. The van der Waals surface area contributed by atoms with Crippen LogP contribution in [0.25, 0.3) is 0 Å². The number of rotatable bonds is 12. The van der Waals surface area contributed by atoms with E-state index in [1.807, 2.05) is 0 Å². The van der Waals surface area contributed by atoms with E-state index >= 15 is 0 Å². The van der Waals surface area contributed by atoms with Gasteiger partial charge in [0, 0.05) is 19.5 Å². The van der Waals surface area contributed by atoms with Crippen molar-refractivity contribution in [2.45, 2.75) is 63.8 Å². The van der Waals surface area contributed by atoms with Gasteiger partial charge in [-0.3, -0.25) is 9.32 Å². The first-order chi connectivity index (χ1) is 14.0. The fourth-order valence-corrected chi connectivity index (χ4v) is 3.75. The minimum atomic E-state index is -4.68. The highest BCUT2D eigenvalue weighted by Gasteiger charge is 2.35. The van der Waals surface area contributed by atoms with Crippen LogP contribution in [0, 0.1) is 0 Å². The van der Waals surface area contributed by atoms with Gasteiger partial charge in [0.2, 0.25) is 5.91 Å². The fraction of sp³-hybridized carbons (Fsp3) is 0.632. The van der Waals surface area contributed by atoms with Gasteiger partial charge in [-0.2, -0.15) is 0 Å². The molecular weight excluding hydrogens is 426 g/mol. The number of hydrogen-bond donors (Lipinski definition) is 2. The highest BCUT2D eigenvalue weighted by molar-refractivity contribution is 7.46. The molecule has 1 fully saturated rings. The molecule has 0 radical (unpaired) electrons. The number of likely N-dealkylation sites (tertiary alicyclic amines) is 1. The van der Waals surface area contributed by atoms with Crippen molar-refractivity contribution in [1.29, 1.82) is 0 Å². The maximum atomic E-state index is 12.1. The van der Waals surface area contributed by atoms with Crippen LogP contribution in [0.5, 0.6) is 5.75 Å². The van der Waals surface area contributed by atoms with Crippen LogP contribution < -0.4 is 4.74 Å². The van der Waals surface area contributed by atoms with E-state index in [-0.39, 0.29) is 24.7 Å². The van der Waals surface area contributed by atoms with Crippen molar-refractivity contribution < 1.29 is 41.6 Å². The Morgan fingerprint density at radius 2 is 1.60 bits per heavy atom. The number of carbonyl (C=O) groups excluding carboxylic acids is 1. The van der Waals surface area contributed by atoms with Gasteiger partial charge < -0.3 is 19.4 Å². The van der Waals surface area contributed by atoms with E-state index in [9.17, 15) is 22.5 Å². The molecule has 0 spiro atoms. The standard InChI is InChI=1S/C19H27F3NO6P/c20-19(21,22)28-16-11-9-15(10-12-16)7-5-3-1-2-4-6-8-18(24)23-13-17(14-23)29-30(25,26)27/h9-12,17H,1-8,13-14H2,(H2,25,26,27). The normalized spacial score (nSPS) is 15.2. The number of nitrogens with zero attached hydrogens (tertiary/aromatic N) is 1. The summed E-state index contributed by atoms with van der Waals surface area (Å²) in [5.41, 5.74) is 0.964. The molecule has 2 rings (SSSR count). The quantitative estimate of drug-likeness (QED) is 0.364. The van der Waals surface area contributed by atoms with Crippen LogP contribution in [-0.4, -0.2) is 46.1 Å². The molecule has 1 aromatic carbocycles. The van der Waals surface area contributed by atoms with Crippen LogP contribution in [0.3, 0.4) is 0 Å². The first-order valence-corrected chi connectivity index (χ1v) is 11.4. The Kier molecular flexibility index (Phi) is 9.15. The summed E-state index contributed by atoms with van der Waals surface area (Å²) in [5, 5.41) is 0. The van der Waals surface area contributed by atoms with Crippen LogP contribution >= 0.6 is 7.82 Å². The Morgan fingerprint density at radius 1 is 1.03 bits per heavy atom. The Balaban J connectivity index is 1.46. The minimum absolute atomic E-state index is 0.0292. The topological polar surface area (TPSA) is 96.3 Å². The van der Waals surface area contributed by atoms with Gasteiger partial charge in [-0.1, -0.05) is 37.8 Å². The van der Waals surface area contributed by atoms with Crippen molar-refractivity contribution >= 4 is 13.7 Å². The summed E-state index contributed by atoms with van der Waals surface area (Å²) in [4.78, 5) is 30.9. The van der Waals surface area contributed by atoms with Gasteiger partial charge in [-0.25, -0.2) is 4.57 Å². The average Bonchev–Trinajstić information content (AvgIpc) is 2.59. The van der Waals surface area contributed by atoms with Gasteiger partial charge in [-0.15, -0.1) is 13.2 Å². The van der Waals surface area contributed by atoms with Crippen LogP contribution in [0.15, 0.2) is 24.3 Å². The third-order valence-electron chi connectivity index (χ3n) is 4.75. The minimum Gasteiger partial charge on any atom is -0.406 e. The highest BCUT2D eigenvalue weighted by atomic mass is 31.2. The molecule has 0 aliphatic carbocycles. The molecule has 0 bridgehead atoms. The second-order valence-corrected chi connectivity index (χ2v) is 8.52. The van der Waals surface area contributed by atoms with Gasteiger partial charge in [-0.05, 0) is 37.0 Å². The molecule has 0 saturated carbocycles. The van der Waals surface area contributed by atoms with Crippen molar-refractivity contribution in [2.24, 2.45) is 0 Å². The lowest BCUT2D eigenvalue weighted by Gasteiger charge is -2.38. The summed E-state index contributed by atoms with van der Waals surface area (Å²) < 4.78 is 55.4. The number of aryl methyl sites for hydroxylation is 1. The first kappa shape index (κ1) is 24.7. The van der Waals surface area contributed by atoms with Crippen molar-refractivity contribution in [3.05, 3.63) is 29.8 Å². The van der Waals surface area contributed by atoms with Crippen LogP contribution in [-0.2, 0) is 20.3 Å². The van der Waals surface area contributed by atoms with Crippen LogP contribution in [0.1, 0.15) is 50.5 Å². The number of alkyl halides is 3. The third kappa shape index (κ3) is 9.93. The first-order valence-electron chi connectivity index (χ1n) is 9.88. The number of carbonyl (C=O) groups is 1. The molecule has 1 aromatic rings. The molecule has 11 heteroatoms. The van der Waals surface area contributed by atoms with Gasteiger partial charge in [0.25, 0.3) is 0 Å². The number of ether oxygens (including phenoxy) is 1. The summed E-state index contributed by atoms with van der Waals surface area (Å²) in [6.07, 6.45) is 1.57. The third-order valence-corrected chi connectivity index (χ3v) is 5.32. The Hall–Kier alpha value is -1.61. The van der Waals surface area contributed by atoms with Crippen molar-refractivity contribution in [3.8, 4) is 5.75 Å². The molecule has 1 aliphatic rings. The molecule has 170 valence electrons. The Morgan fingerprint density at radius 3 is 2.17 bits per heavy atom. The largest absolute Gasteiger partial charge is 0.573 e. The van der Waals surface area contributed by atoms with Crippen molar-refractivity contribution in [1.82, 2.24) is 4.90 Å². The molecular formula is C19H27F3NO6P. The lowest BCUT2D eigenvalue weighted by molar-refractivity contribution is -0.274. The predicted molar refractivity (Wildman–Crippen MR) is 103 cm³/mol. The zero-order chi connectivity index (χ0) is 22.2. The second kappa shape index (κ2) is 11.1. The van der Waals surface area contributed by atoms with Gasteiger partial charge in [0.05, 0.1) is 0 Å². The fourth-order valence-electron chi connectivity index (χ4n) is 3.23. The summed E-state index contributed by atoms with van der Waals surface area (Å²) in [7, 11) is -4.50. The maximum absolute atomic E-state index is 12.1. The molecule has 30 heavy (non-hydrogen) atoms. The molecule has 0 unspecified atom stereocenters. The smallest absolute Gasteiger partial charge is 0.406 e. The van der Waals surface area contributed by atoms with E-state index in [2.05, 4.69) is 9.26 Å². The van der Waals surface area contributed by atoms with Crippen molar-refractivity contribution in [3.63, 3.8) is 0 Å². The molecule has 0 atom stereocenters. The van der Waals surface area contributed by atoms with E-state index in [4.69, 9.17) is 9.79 Å². The highest BCUT2D eigenvalue weighted by Crippen LogP contribution is 2.39. The molecule has 2 N–H and O–H groups in total. The monoisotopic (exact) mass is 453 g/mol. The van der Waals surface area contributed by atoms with Crippen LogP contribution in [0.4, 0.5) is 13.2 Å². The SMILES string of the molecule is O=C(CCCCCCCCc1ccc(OC(F)(F)F)cc1)N1CC(OP(=O)(O)O)C1. The number of phosphoric acid groups is 1. The van der Waals surface area contributed by atoms with Crippen LogP contribution in [0.2, 0.25) is 0 Å². The van der Waals surface area contributed by atoms with E-state index in [1.165, 1.54) is 17.0 Å². The maximum Gasteiger partial charge on any atom is 0.573 e. The molecule has 1 saturated heterocycles. The number of phosphoric ester groups is 1. The van der Waals surface area contributed by atoms with E-state index in [0.717, 1.165) is 50.5 Å². The Labute approximate surface area is 173 Å². The molecule has 7 nitrogen and oxygen atoms in total. The number of unbranched alkanes of at least 4 members (excludes halogenated alkanes) is 5. The Bertz CT molecular complexity index is 716. The van der Waals surface area contributed by atoms with Gasteiger partial charge >= 0.3 is 14.2 Å². The van der Waals surface area contributed by atoms with E-state index < -0.39 is 20.3 Å². The molecule has 1 amide bonds. The molecule has 1 aliphatic heterocycles. The number of hydrogen-bond acceptors (Lipinski definition) is 4. The lowest BCUT2D eigenvalue weighted by Crippen LogP contribution is -2.54. The lowest BCUT2D eigenvalue weighted by atomic mass is 10.0. The number of halogens is 3. The van der Waals surface area contributed by atoms with Gasteiger partial charge in [0.15, 0.2) is 0 Å². The summed E-state index contributed by atoms with van der Waals surface area (Å²) in [6.45, 7) is 0.431. The van der Waals surface area contributed by atoms with E-state index in [1.54, 1.807) is 12.1 Å². The van der Waals surface area contributed by atoms with Crippen molar-refractivity contribution in [2.75, 3.05) is 13.1 Å². The summed E-state index contributed by atoms with van der Waals surface area (Å²) in [6, 6.07) is 5.91.